The largest absolute Gasteiger partial charge is 0.457 e. The van der Waals surface area contributed by atoms with Gasteiger partial charge in [-0.15, -0.1) is 11.3 Å². The van der Waals surface area contributed by atoms with Gasteiger partial charge in [-0.3, -0.25) is 19.0 Å². The first-order chi connectivity index (χ1) is 16.9. The number of rotatable bonds is 9. The topological polar surface area (TPSA) is 90.3 Å². The van der Waals surface area contributed by atoms with E-state index < -0.39 is 12.0 Å². The number of ketones is 1. The van der Waals surface area contributed by atoms with Gasteiger partial charge in [-0.1, -0.05) is 48.5 Å². The average molecular weight is 488 g/mol. The van der Waals surface area contributed by atoms with Crippen molar-refractivity contribution in [3.63, 3.8) is 0 Å². The second-order valence-corrected chi connectivity index (χ2v) is 8.90. The highest BCUT2D eigenvalue weighted by atomic mass is 32.1. The van der Waals surface area contributed by atoms with Crippen molar-refractivity contribution in [1.82, 2.24) is 14.9 Å². The van der Waals surface area contributed by atoms with Crippen molar-refractivity contribution >= 4 is 29.0 Å². The second-order valence-electron chi connectivity index (χ2n) is 8.03. The zero-order valence-electron chi connectivity index (χ0n) is 19.4. The number of ether oxygens (including phenoxy) is 1. The monoisotopic (exact) mass is 487 g/mol. The summed E-state index contributed by atoms with van der Waals surface area (Å²) in [5, 5.41) is 5.55. The van der Waals surface area contributed by atoms with Crippen molar-refractivity contribution in [3.05, 3.63) is 106 Å². The predicted octanol–water partition coefficient (Wildman–Crippen LogP) is 4.84. The summed E-state index contributed by atoms with van der Waals surface area (Å²) in [4.78, 5) is 42.5. The minimum absolute atomic E-state index is 0.103. The molecule has 0 radical (unpaired) electrons. The molecule has 0 spiro atoms. The lowest BCUT2D eigenvalue weighted by atomic mass is 10.0. The molecule has 1 atom stereocenters. The SMILES string of the molecule is Cc1cc(C(=O)COC(=O)CC(NC(=O)c2ccccc2)c2ccccc2)c(C)n1-c1nccs1. The van der Waals surface area contributed by atoms with Gasteiger partial charge in [0.2, 0.25) is 5.78 Å². The molecule has 35 heavy (non-hydrogen) atoms. The first-order valence-corrected chi connectivity index (χ1v) is 12.0. The Morgan fingerprint density at radius 3 is 2.37 bits per heavy atom. The van der Waals surface area contributed by atoms with Crippen molar-refractivity contribution < 1.29 is 19.1 Å². The molecule has 2 aromatic carbocycles. The second kappa shape index (κ2) is 10.9. The van der Waals surface area contributed by atoms with E-state index >= 15 is 0 Å². The van der Waals surface area contributed by atoms with Crippen molar-refractivity contribution in [2.45, 2.75) is 26.3 Å². The van der Waals surface area contributed by atoms with Gasteiger partial charge in [0.1, 0.15) is 0 Å². The Labute approximate surface area is 207 Å². The summed E-state index contributed by atoms with van der Waals surface area (Å²) in [6.07, 6.45) is 1.61. The lowest BCUT2D eigenvalue weighted by Crippen LogP contribution is -2.31. The lowest BCUT2D eigenvalue weighted by Gasteiger charge is -2.18. The Morgan fingerprint density at radius 2 is 1.71 bits per heavy atom. The summed E-state index contributed by atoms with van der Waals surface area (Å²) in [6, 6.07) is 19.2. The molecule has 1 N–H and O–H groups in total. The molecule has 8 heteroatoms. The smallest absolute Gasteiger partial charge is 0.308 e. The van der Waals surface area contributed by atoms with Gasteiger partial charge in [0, 0.05) is 34.1 Å². The standard InChI is InChI=1S/C27H25N3O4S/c1-18-15-22(19(2)30(18)27-28-13-14-35-27)24(31)17-34-25(32)16-23(20-9-5-3-6-10-20)29-26(33)21-11-7-4-8-12-21/h3-15,23H,16-17H2,1-2H3,(H,29,33). The van der Waals surface area contributed by atoms with Gasteiger partial charge in [0.25, 0.3) is 5.91 Å². The number of aromatic nitrogens is 2. The number of Topliss-reactive ketones (excluding diaryl/α,β-unsaturated/α-hetero) is 1. The van der Waals surface area contributed by atoms with Crippen LogP contribution >= 0.6 is 11.3 Å². The van der Waals surface area contributed by atoms with Crippen LogP contribution in [0.2, 0.25) is 0 Å². The molecule has 0 fully saturated rings. The van der Waals surface area contributed by atoms with Crippen LogP contribution < -0.4 is 5.32 Å². The summed E-state index contributed by atoms with van der Waals surface area (Å²) in [7, 11) is 0. The minimum atomic E-state index is -0.596. The van der Waals surface area contributed by atoms with Gasteiger partial charge >= 0.3 is 5.97 Å². The molecule has 0 bridgehead atoms. The van der Waals surface area contributed by atoms with Crippen LogP contribution in [0.4, 0.5) is 0 Å². The van der Waals surface area contributed by atoms with Crippen molar-refractivity contribution in [2.75, 3.05) is 6.61 Å². The maximum absolute atomic E-state index is 12.8. The molecule has 0 aliphatic heterocycles. The number of nitrogens with one attached hydrogen (secondary N) is 1. The van der Waals surface area contributed by atoms with Gasteiger partial charge in [0.05, 0.1) is 12.5 Å². The van der Waals surface area contributed by atoms with Crippen LogP contribution in [0, 0.1) is 13.8 Å². The summed E-state index contributed by atoms with van der Waals surface area (Å²) < 4.78 is 7.24. The Balaban J connectivity index is 1.42. The van der Waals surface area contributed by atoms with E-state index in [-0.39, 0.29) is 24.7 Å². The molecular formula is C27H25N3O4S. The van der Waals surface area contributed by atoms with Gasteiger partial charge < -0.3 is 10.1 Å². The highest BCUT2D eigenvalue weighted by Gasteiger charge is 2.22. The van der Waals surface area contributed by atoms with Crippen molar-refractivity contribution in [2.24, 2.45) is 0 Å². The molecule has 7 nitrogen and oxygen atoms in total. The summed E-state index contributed by atoms with van der Waals surface area (Å²) in [6.45, 7) is 3.36. The third kappa shape index (κ3) is 5.73. The van der Waals surface area contributed by atoms with Gasteiger partial charge in [0.15, 0.2) is 11.7 Å². The Bertz CT molecular complexity index is 1320. The number of nitrogens with zero attached hydrogens (tertiary/aromatic N) is 2. The first-order valence-electron chi connectivity index (χ1n) is 11.1. The fourth-order valence-corrected chi connectivity index (χ4v) is 4.64. The molecule has 0 saturated carbocycles. The summed E-state index contributed by atoms with van der Waals surface area (Å²) in [5.41, 5.74) is 3.37. The lowest BCUT2D eigenvalue weighted by molar-refractivity contribution is -0.143. The highest BCUT2D eigenvalue weighted by Crippen LogP contribution is 2.23. The number of aryl methyl sites for hydroxylation is 1. The van der Waals surface area contributed by atoms with Gasteiger partial charge in [-0.25, -0.2) is 4.98 Å². The Morgan fingerprint density at radius 1 is 1.03 bits per heavy atom. The number of esters is 1. The summed E-state index contributed by atoms with van der Waals surface area (Å²) in [5.74, 6) is -1.16. The molecular weight excluding hydrogens is 462 g/mol. The fourth-order valence-electron chi connectivity index (χ4n) is 3.88. The van der Waals surface area contributed by atoms with Gasteiger partial charge in [-0.05, 0) is 37.6 Å². The van der Waals surface area contributed by atoms with E-state index in [1.807, 2.05) is 60.2 Å². The van der Waals surface area contributed by atoms with Crippen LogP contribution in [0.5, 0.6) is 0 Å². The number of carbonyl (C=O) groups excluding carboxylic acids is 3. The normalized spacial score (nSPS) is 11.6. The zero-order valence-corrected chi connectivity index (χ0v) is 20.2. The maximum Gasteiger partial charge on any atom is 0.308 e. The molecule has 4 rings (SSSR count). The van der Waals surface area contributed by atoms with E-state index in [1.165, 1.54) is 11.3 Å². The minimum Gasteiger partial charge on any atom is -0.457 e. The average Bonchev–Trinajstić information content (AvgIpc) is 3.50. The predicted molar refractivity (Wildman–Crippen MR) is 134 cm³/mol. The van der Waals surface area contributed by atoms with Crippen LogP contribution in [-0.2, 0) is 9.53 Å². The zero-order chi connectivity index (χ0) is 24.8. The molecule has 0 saturated heterocycles. The number of thiazole rings is 1. The van der Waals surface area contributed by atoms with Crippen molar-refractivity contribution in [3.8, 4) is 5.13 Å². The molecule has 178 valence electrons. The van der Waals surface area contributed by atoms with Crippen LogP contribution in [0.15, 0.2) is 78.3 Å². The van der Waals surface area contributed by atoms with E-state index in [4.69, 9.17) is 4.74 Å². The Hall–Kier alpha value is -4.04. The number of amides is 1. The third-order valence-corrected chi connectivity index (χ3v) is 6.38. The molecule has 2 aromatic heterocycles. The first kappa shape index (κ1) is 24.1. The molecule has 4 aromatic rings. The van der Waals surface area contributed by atoms with Crippen molar-refractivity contribution in [1.29, 1.82) is 0 Å². The van der Waals surface area contributed by atoms with Crippen LogP contribution in [0.3, 0.4) is 0 Å². The van der Waals surface area contributed by atoms with E-state index in [0.717, 1.165) is 22.1 Å². The molecule has 1 unspecified atom stereocenters. The third-order valence-electron chi connectivity index (χ3n) is 5.62. The molecule has 0 aliphatic carbocycles. The number of hydrogen-bond acceptors (Lipinski definition) is 6. The number of carbonyl (C=O) groups is 3. The fraction of sp³-hybridized carbons (Fsp3) is 0.185. The maximum atomic E-state index is 12.8. The van der Waals surface area contributed by atoms with E-state index in [0.29, 0.717) is 11.1 Å². The molecule has 1 amide bonds. The Kier molecular flexibility index (Phi) is 7.52. The van der Waals surface area contributed by atoms with E-state index in [1.54, 1.807) is 36.5 Å². The number of hydrogen-bond donors (Lipinski definition) is 1. The highest BCUT2D eigenvalue weighted by molar-refractivity contribution is 7.12. The quantitative estimate of drug-likeness (QED) is 0.270. The van der Waals surface area contributed by atoms with Crippen LogP contribution in [0.1, 0.15) is 50.1 Å². The summed E-state index contributed by atoms with van der Waals surface area (Å²) >= 11 is 1.48. The van der Waals surface area contributed by atoms with E-state index in [9.17, 15) is 14.4 Å². The van der Waals surface area contributed by atoms with E-state index in [2.05, 4.69) is 10.3 Å². The van der Waals surface area contributed by atoms with Crippen LogP contribution in [-0.4, -0.2) is 33.8 Å². The molecule has 0 aliphatic rings. The van der Waals surface area contributed by atoms with Gasteiger partial charge in [-0.2, -0.15) is 0 Å². The number of benzene rings is 2. The van der Waals surface area contributed by atoms with Crippen LogP contribution in [0.25, 0.3) is 5.13 Å². The molecule has 2 heterocycles.